The Balaban J connectivity index is 0.00000121. The average molecular weight is 244 g/mol. The number of nitrogens with zero attached hydrogens (tertiary/aromatic N) is 1. The molecule has 0 spiro atoms. The zero-order valence-electron chi connectivity index (χ0n) is 11.8. The van der Waals surface area contributed by atoms with Crippen molar-refractivity contribution in [3.05, 3.63) is 0 Å². The number of piperidine rings is 1. The molecule has 0 aromatic carbocycles. The molecule has 1 aliphatic rings. The Morgan fingerprint density at radius 3 is 2.47 bits per heavy atom. The molecule has 1 saturated heterocycles. The predicted molar refractivity (Wildman–Crippen MR) is 71.1 cm³/mol. The molecule has 0 amide bonds. The van der Waals surface area contributed by atoms with Gasteiger partial charge in [-0.3, -0.25) is 4.79 Å². The Kier molecular flexibility index (Phi) is 10.2. The molecule has 4 nitrogen and oxygen atoms in total. The van der Waals surface area contributed by atoms with E-state index < -0.39 is 0 Å². The second-order valence-corrected chi connectivity index (χ2v) is 4.28. The summed E-state index contributed by atoms with van der Waals surface area (Å²) in [6.45, 7) is 8.16. The molecule has 4 heteroatoms. The first-order valence-corrected chi connectivity index (χ1v) is 6.68. The molecule has 0 bridgehead atoms. The molecule has 0 saturated carbocycles. The van der Waals surface area contributed by atoms with Gasteiger partial charge in [0, 0.05) is 6.54 Å². The van der Waals surface area contributed by atoms with Gasteiger partial charge in [0.1, 0.15) is 0 Å². The third kappa shape index (κ3) is 8.16. The standard InChI is InChI=1S/C11H22N2O2.C2H6/c1-13-7-4-10(5-8-13)9-12-6-3-11(14)15-2;1-2/h10,12H,3-9H2,1-2H3;1-2H3. The van der Waals surface area contributed by atoms with Crippen molar-refractivity contribution in [1.82, 2.24) is 10.2 Å². The third-order valence-electron chi connectivity index (χ3n) is 3.00. The number of ether oxygens (including phenoxy) is 1. The largest absolute Gasteiger partial charge is 0.469 e. The number of nitrogens with one attached hydrogen (secondary N) is 1. The van der Waals surface area contributed by atoms with Crippen LogP contribution in [0.1, 0.15) is 33.1 Å². The molecule has 0 atom stereocenters. The smallest absolute Gasteiger partial charge is 0.306 e. The van der Waals surface area contributed by atoms with Crippen LogP contribution in [0.4, 0.5) is 0 Å². The molecule has 102 valence electrons. The minimum atomic E-state index is -0.133. The lowest BCUT2D eigenvalue weighted by Gasteiger charge is -2.28. The van der Waals surface area contributed by atoms with E-state index in [1.807, 2.05) is 13.8 Å². The Labute approximate surface area is 106 Å². The van der Waals surface area contributed by atoms with E-state index in [4.69, 9.17) is 0 Å². The van der Waals surface area contributed by atoms with E-state index in [0.717, 1.165) is 19.0 Å². The van der Waals surface area contributed by atoms with Crippen molar-refractivity contribution >= 4 is 5.97 Å². The summed E-state index contributed by atoms with van der Waals surface area (Å²) in [6, 6.07) is 0. The van der Waals surface area contributed by atoms with Crippen molar-refractivity contribution < 1.29 is 9.53 Å². The summed E-state index contributed by atoms with van der Waals surface area (Å²) < 4.78 is 4.57. The highest BCUT2D eigenvalue weighted by Crippen LogP contribution is 2.14. The molecule has 0 aromatic rings. The Morgan fingerprint density at radius 1 is 1.35 bits per heavy atom. The van der Waals surface area contributed by atoms with E-state index in [0.29, 0.717) is 6.42 Å². The number of likely N-dealkylation sites (tertiary alicyclic amines) is 1. The predicted octanol–water partition coefficient (Wildman–Crippen LogP) is 1.51. The number of hydrogen-bond donors (Lipinski definition) is 1. The zero-order valence-corrected chi connectivity index (χ0v) is 11.8. The molecule has 1 rings (SSSR count). The molecule has 0 radical (unpaired) electrons. The van der Waals surface area contributed by atoms with Gasteiger partial charge in [0.05, 0.1) is 13.5 Å². The van der Waals surface area contributed by atoms with Crippen LogP contribution in [0.15, 0.2) is 0 Å². The van der Waals surface area contributed by atoms with E-state index >= 15 is 0 Å². The summed E-state index contributed by atoms with van der Waals surface area (Å²) in [5, 5.41) is 3.32. The van der Waals surface area contributed by atoms with E-state index in [1.165, 1.54) is 33.0 Å². The van der Waals surface area contributed by atoms with Gasteiger partial charge < -0.3 is 15.0 Å². The lowest BCUT2D eigenvalue weighted by atomic mass is 9.97. The maximum absolute atomic E-state index is 10.8. The fourth-order valence-corrected chi connectivity index (χ4v) is 1.86. The van der Waals surface area contributed by atoms with Gasteiger partial charge in [0.2, 0.25) is 0 Å². The van der Waals surface area contributed by atoms with Crippen LogP contribution in [0.2, 0.25) is 0 Å². The molecular formula is C13H28N2O2. The Morgan fingerprint density at radius 2 is 1.94 bits per heavy atom. The van der Waals surface area contributed by atoms with Crippen LogP contribution in [0.3, 0.4) is 0 Å². The maximum atomic E-state index is 10.8. The molecular weight excluding hydrogens is 216 g/mol. The van der Waals surface area contributed by atoms with Gasteiger partial charge in [-0.05, 0) is 45.4 Å². The van der Waals surface area contributed by atoms with Crippen LogP contribution >= 0.6 is 0 Å². The number of esters is 1. The van der Waals surface area contributed by atoms with Crippen LogP contribution in [0, 0.1) is 5.92 Å². The van der Waals surface area contributed by atoms with Crippen molar-refractivity contribution in [3.63, 3.8) is 0 Å². The van der Waals surface area contributed by atoms with Gasteiger partial charge in [-0.1, -0.05) is 13.8 Å². The van der Waals surface area contributed by atoms with Crippen LogP contribution in [-0.2, 0) is 9.53 Å². The van der Waals surface area contributed by atoms with Crippen LogP contribution < -0.4 is 5.32 Å². The van der Waals surface area contributed by atoms with E-state index in [-0.39, 0.29) is 5.97 Å². The SMILES string of the molecule is CC.COC(=O)CCNCC1CCN(C)CC1. The number of carbonyl (C=O) groups is 1. The Hall–Kier alpha value is -0.610. The first-order valence-electron chi connectivity index (χ1n) is 6.68. The Bertz CT molecular complexity index is 190. The summed E-state index contributed by atoms with van der Waals surface area (Å²) >= 11 is 0. The lowest BCUT2D eigenvalue weighted by Crippen LogP contribution is -2.35. The van der Waals surface area contributed by atoms with E-state index in [9.17, 15) is 4.79 Å². The average Bonchev–Trinajstić information content (AvgIpc) is 2.39. The van der Waals surface area contributed by atoms with E-state index in [2.05, 4.69) is 22.0 Å². The summed E-state index contributed by atoms with van der Waals surface area (Å²) in [6.07, 6.45) is 3.01. The molecule has 0 unspecified atom stereocenters. The summed E-state index contributed by atoms with van der Waals surface area (Å²) in [4.78, 5) is 13.2. The number of hydrogen-bond acceptors (Lipinski definition) is 4. The fourth-order valence-electron chi connectivity index (χ4n) is 1.86. The highest BCUT2D eigenvalue weighted by atomic mass is 16.5. The molecule has 0 aliphatic carbocycles. The summed E-state index contributed by atoms with van der Waals surface area (Å²) in [7, 11) is 3.60. The van der Waals surface area contributed by atoms with E-state index in [1.54, 1.807) is 0 Å². The zero-order chi connectivity index (χ0) is 13.1. The van der Waals surface area contributed by atoms with Gasteiger partial charge in [0.15, 0.2) is 0 Å². The van der Waals surface area contributed by atoms with Gasteiger partial charge >= 0.3 is 5.97 Å². The van der Waals surface area contributed by atoms with Gasteiger partial charge in [0.25, 0.3) is 0 Å². The van der Waals surface area contributed by atoms with Gasteiger partial charge in [-0.15, -0.1) is 0 Å². The number of carbonyl (C=O) groups excluding carboxylic acids is 1. The third-order valence-corrected chi connectivity index (χ3v) is 3.00. The quantitative estimate of drug-likeness (QED) is 0.588. The van der Waals surface area contributed by atoms with Crippen LogP contribution in [0.25, 0.3) is 0 Å². The van der Waals surface area contributed by atoms with Gasteiger partial charge in [-0.25, -0.2) is 0 Å². The molecule has 1 aliphatic heterocycles. The van der Waals surface area contributed by atoms with Crippen molar-refractivity contribution in [2.45, 2.75) is 33.1 Å². The summed E-state index contributed by atoms with van der Waals surface area (Å²) in [5.41, 5.74) is 0. The molecule has 0 aromatic heterocycles. The number of rotatable bonds is 5. The minimum Gasteiger partial charge on any atom is -0.469 e. The monoisotopic (exact) mass is 244 g/mol. The minimum absolute atomic E-state index is 0.133. The first kappa shape index (κ1) is 16.4. The molecule has 1 heterocycles. The molecule has 17 heavy (non-hydrogen) atoms. The molecule has 1 N–H and O–H groups in total. The van der Waals surface area contributed by atoms with Crippen LogP contribution in [-0.4, -0.2) is 51.2 Å². The van der Waals surface area contributed by atoms with Crippen molar-refractivity contribution in [2.75, 3.05) is 40.3 Å². The topological polar surface area (TPSA) is 41.6 Å². The van der Waals surface area contributed by atoms with Crippen molar-refractivity contribution in [2.24, 2.45) is 5.92 Å². The number of methoxy groups -OCH3 is 1. The lowest BCUT2D eigenvalue weighted by molar-refractivity contribution is -0.140. The van der Waals surface area contributed by atoms with Crippen molar-refractivity contribution in [1.29, 1.82) is 0 Å². The summed E-state index contributed by atoms with van der Waals surface area (Å²) in [5.74, 6) is 0.643. The highest BCUT2D eigenvalue weighted by molar-refractivity contribution is 5.69. The fraction of sp³-hybridized carbons (Fsp3) is 0.923. The molecule has 1 fully saturated rings. The second-order valence-electron chi connectivity index (χ2n) is 4.28. The van der Waals surface area contributed by atoms with Crippen molar-refractivity contribution in [3.8, 4) is 0 Å². The van der Waals surface area contributed by atoms with Gasteiger partial charge in [-0.2, -0.15) is 0 Å². The second kappa shape index (κ2) is 10.5. The van der Waals surface area contributed by atoms with Crippen LogP contribution in [0.5, 0.6) is 0 Å². The normalized spacial score (nSPS) is 17.2. The highest BCUT2D eigenvalue weighted by Gasteiger charge is 2.15. The maximum Gasteiger partial charge on any atom is 0.306 e. The first-order chi connectivity index (χ1) is 8.22.